The minimum Gasteiger partial charge on any atom is -0.332 e. The Morgan fingerprint density at radius 2 is 1.78 bits per heavy atom. The van der Waals surface area contributed by atoms with Crippen LogP contribution in [0.25, 0.3) is 0 Å². The molecule has 1 aliphatic rings. The van der Waals surface area contributed by atoms with Gasteiger partial charge in [-0.3, -0.25) is 15.0 Å². The largest absolute Gasteiger partial charge is 0.332 e. The Morgan fingerprint density at radius 1 is 1.17 bits per heavy atom. The molecule has 0 radical (unpaired) electrons. The van der Waals surface area contributed by atoms with Crippen LogP contribution >= 0.6 is 0 Å². The SMILES string of the molecule is COC(OC)(c1ccccc1)N1CC(=O)NC1=O. The quantitative estimate of drug-likeness (QED) is 0.629. The third-order valence-corrected chi connectivity index (χ3v) is 2.84. The summed E-state index contributed by atoms with van der Waals surface area (Å²) in [5, 5.41) is 2.20. The predicted octanol–water partition coefficient (Wildman–Crippen LogP) is 0.641. The third-order valence-electron chi connectivity index (χ3n) is 2.84. The predicted molar refractivity (Wildman–Crippen MR) is 62.4 cm³/mol. The Morgan fingerprint density at radius 3 is 2.22 bits per heavy atom. The van der Waals surface area contributed by atoms with Crippen molar-refractivity contribution < 1.29 is 19.1 Å². The Balaban J connectivity index is 2.44. The number of carbonyl (C=O) groups is 2. The minimum absolute atomic E-state index is 0.102. The molecule has 6 heteroatoms. The Labute approximate surface area is 104 Å². The highest BCUT2D eigenvalue weighted by atomic mass is 16.7. The number of ether oxygens (including phenoxy) is 2. The molecule has 0 aliphatic carbocycles. The first kappa shape index (κ1) is 12.5. The number of benzene rings is 1. The molecule has 0 bridgehead atoms. The smallest absolute Gasteiger partial charge is 0.329 e. The van der Waals surface area contributed by atoms with Crippen molar-refractivity contribution in [2.75, 3.05) is 20.8 Å². The van der Waals surface area contributed by atoms with E-state index in [-0.39, 0.29) is 12.5 Å². The standard InChI is InChI=1S/C12H14N2O4/c1-17-12(18-2,9-6-4-3-5-7-9)14-8-10(15)13-11(14)16/h3-7H,8H2,1-2H3,(H,13,15,16). The van der Waals surface area contributed by atoms with Gasteiger partial charge in [0.1, 0.15) is 6.54 Å². The van der Waals surface area contributed by atoms with E-state index in [1.54, 1.807) is 24.3 Å². The monoisotopic (exact) mass is 250 g/mol. The molecular weight excluding hydrogens is 236 g/mol. The van der Waals surface area contributed by atoms with Crippen LogP contribution in [0.2, 0.25) is 0 Å². The van der Waals surface area contributed by atoms with Crippen molar-refractivity contribution in [3.05, 3.63) is 35.9 Å². The Hall–Kier alpha value is -1.92. The number of imide groups is 1. The molecule has 1 aromatic carbocycles. The van der Waals surface area contributed by atoms with Gasteiger partial charge in [-0.2, -0.15) is 0 Å². The second kappa shape index (κ2) is 4.75. The number of rotatable bonds is 4. The molecule has 0 spiro atoms. The molecule has 1 aliphatic heterocycles. The van der Waals surface area contributed by atoms with E-state index in [0.29, 0.717) is 5.56 Å². The lowest BCUT2D eigenvalue weighted by molar-refractivity contribution is -0.285. The van der Waals surface area contributed by atoms with Gasteiger partial charge in [-0.15, -0.1) is 0 Å². The minimum atomic E-state index is -1.39. The molecule has 2 rings (SSSR count). The van der Waals surface area contributed by atoms with Crippen LogP contribution in [0, 0.1) is 0 Å². The van der Waals surface area contributed by atoms with E-state index >= 15 is 0 Å². The summed E-state index contributed by atoms with van der Waals surface area (Å²) in [6, 6.07) is 8.45. The topological polar surface area (TPSA) is 67.9 Å². The summed E-state index contributed by atoms with van der Waals surface area (Å²) in [5.74, 6) is -1.77. The van der Waals surface area contributed by atoms with Crippen LogP contribution in [-0.4, -0.2) is 37.6 Å². The van der Waals surface area contributed by atoms with Gasteiger partial charge in [0.25, 0.3) is 5.91 Å². The highest BCUT2D eigenvalue weighted by Crippen LogP contribution is 2.31. The number of methoxy groups -OCH3 is 2. The van der Waals surface area contributed by atoms with E-state index in [0.717, 1.165) is 0 Å². The first-order valence-corrected chi connectivity index (χ1v) is 5.41. The lowest BCUT2D eigenvalue weighted by Crippen LogP contribution is -2.50. The van der Waals surface area contributed by atoms with Crippen LogP contribution in [-0.2, 0) is 20.2 Å². The van der Waals surface area contributed by atoms with E-state index in [2.05, 4.69) is 5.32 Å². The summed E-state index contributed by atoms with van der Waals surface area (Å²) in [7, 11) is 2.85. The zero-order valence-electron chi connectivity index (χ0n) is 10.2. The first-order valence-electron chi connectivity index (χ1n) is 5.41. The maximum Gasteiger partial charge on any atom is 0.329 e. The third kappa shape index (κ3) is 1.85. The molecule has 1 heterocycles. The van der Waals surface area contributed by atoms with E-state index < -0.39 is 11.9 Å². The number of hydrogen-bond donors (Lipinski definition) is 1. The fraction of sp³-hybridized carbons (Fsp3) is 0.333. The van der Waals surface area contributed by atoms with Gasteiger partial charge in [-0.05, 0) is 0 Å². The van der Waals surface area contributed by atoms with Gasteiger partial charge >= 0.3 is 6.03 Å². The van der Waals surface area contributed by atoms with Crippen LogP contribution < -0.4 is 5.32 Å². The summed E-state index contributed by atoms with van der Waals surface area (Å²) in [5.41, 5.74) is 0.639. The normalized spacial score (nSPS) is 16.0. The van der Waals surface area contributed by atoms with Crippen molar-refractivity contribution in [3.8, 4) is 0 Å². The summed E-state index contributed by atoms with van der Waals surface area (Å²) in [4.78, 5) is 24.3. The van der Waals surface area contributed by atoms with Crippen molar-refractivity contribution in [1.82, 2.24) is 10.2 Å². The molecule has 1 aromatic rings. The molecule has 6 nitrogen and oxygen atoms in total. The molecule has 0 saturated carbocycles. The van der Waals surface area contributed by atoms with Gasteiger partial charge in [-0.1, -0.05) is 30.3 Å². The van der Waals surface area contributed by atoms with Gasteiger partial charge in [0, 0.05) is 19.8 Å². The van der Waals surface area contributed by atoms with Gasteiger partial charge in [-0.25, -0.2) is 4.79 Å². The summed E-state index contributed by atoms with van der Waals surface area (Å²) in [6.07, 6.45) is 0. The second-order valence-electron chi connectivity index (χ2n) is 3.80. The highest BCUT2D eigenvalue weighted by molar-refractivity contribution is 6.02. The summed E-state index contributed by atoms with van der Waals surface area (Å²) < 4.78 is 10.7. The maximum absolute atomic E-state index is 11.8. The fourth-order valence-corrected chi connectivity index (χ4v) is 2.02. The van der Waals surface area contributed by atoms with Crippen molar-refractivity contribution in [3.63, 3.8) is 0 Å². The van der Waals surface area contributed by atoms with Crippen LogP contribution in [0.15, 0.2) is 30.3 Å². The number of nitrogens with zero attached hydrogens (tertiary/aromatic N) is 1. The van der Waals surface area contributed by atoms with Crippen molar-refractivity contribution >= 4 is 11.9 Å². The molecule has 18 heavy (non-hydrogen) atoms. The van der Waals surface area contributed by atoms with Crippen LogP contribution in [0.5, 0.6) is 0 Å². The van der Waals surface area contributed by atoms with E-state index in [4.69, 9.17) is 9.47 Å². The number of amides is 3. The lowest BCUT2D eigenvalue weighted by Gasteiger charge is -2.37. The zero-order chi connectivity index (χ0) is 13.2. The van der Waals surface area contributed by atoms with Crippen LogP contribution in [0.3, 0.4) is 0 Å². The van der Waals surface area contributed by atoms with E-state index in [1.807, 2.05) is 6.07 Å². The molecule has 1 saturated heterocycles. The van der Waals surface area contributed by atoms with Crippen molar-refractivity contribution in [2.45, 2.75) is 5.91 Å². The van der Waals surface area contributed by atoms with Gasteiger partial charge in [0.2, 0.25) is 5.91 Å². The highest BCUT2D eigenvalue weighted by Gasteiger charge is 2.47. The second-order valence-corrected chi connectivity index (χ2v) is 3.80. The number of carbonyl (C=O) groups excluding carboxylic acids is 2. The molecule has 1 fully saturated rings. The van der Waals surface area contributed by atoms with Crippen molar-refractivity contribution in [1.29, 1.82) is 0 Å². The molecule has 1 N–H and O–H groups in total. The van der Waals surface area contributed by atoms with Gasteiger partial charge < -0.3 is 9.47 Å². The van der Waals surface area contributed by atoms with E-state index in [1.165, 1.54) is 19.1 Å². The molecule has 0 unspecified atom stereocenters. The first-order chi connectivity index (χ1) is 8.64. The average Bonchev–Trinajstić information content (AvgIpc) is 2.73. The Bertz CT molecular complexity index is 456. The summed E-state index contributed by atoms with van der Waals surface area (Å²) >= 11 is 0. The molecule has 96 valence electrons. The Kier molecular flexibility index (Phi) is 3.31. The van der Waals surface area contributed by atoms with E-state index in [9.17, 15) is 9.59 Å². The zero-order valence-corrected chi connectivity index (χ0v) is 10.2. The molecule has 0 atom stereocenters. The summed E-state index contributed by atoms with van der Waals surface area (Å²) in [6.45, 7) is -0.102. The van der Waals surface area contributed by atoms with Crippen LogP contribution in [0.4, 0.5) is 4.79 Å². The van der Waals surface area contributed by atoms with Crippen LogP contribution in [0.1, 0.15) is 5.56 Å². The molecule has 3 amide bonds. The fourth-order valence-electron chi connectivity index (χ4n) is 2.02. The number of nitrogens with one attached hydrogen (secondary N) is 1. The van der Waals surface area contributed by atoms with Gasteiger partial charge in [0.05, 0.1) is 0 Å². The average molecular weight is 250 g/mol. The molecule has 0 aromatic heterocycles. The molecular formula is C12H14N2O4. The lowest BCUT2D eigenvalue weighted by atomic mass is 10.1. The maximum atomic E-state index is 11.8. The van der Waals surface area contributed by atoms with Crippen molar-refractivity contribution in [2.24, 2.45) is 0 Å². The van der Waals surface area contributed by atoms with Gasteiger partial charge in [0.15, 0.2) is 0 Å². The number of urea groups is 1. The number of hydrogen-bond acceptors (Lipinski definition) is 4.